The van der Waals surface area contributed by atoms with Crippen LogP contribution < -0.4 is 4.90 Å². The SMILES string of the molecule is Cc1ccc(-c2nnc(N(C)C3CC3)n2CC2CCOC2)s1. The molecule has 0 aromatic carbocycles. The Hall–Kier alpha value is -1.40. The number of aryl methyl sites for hydroxylation is 1. The van der Waals surface area contributed by atoms with Crippen LogP contribution in [0.15, 0.2) is 12.1 Å². The van der Waals surface area contributed by atoms with Crippen molar-refractivity contribution in [2.75, 3.05) is 25.2 Å². The van der Waals surface area contributed by atoms with E-state index in [0.29, 0.717) is 12.0 Å². The maximum atomic E-state index is 5.55. The zero-order chi connectivity index (χ0) is 15.1. The van der Waals surface area contributed by atoms with Gasteiger partial charge >= 0.3 is 0 Å². The number of nitrogens with zero attached hydrogens (tertiary/aromatic N) is 4. The second-order valence-corrected chi connectivity index (χ2v) is 7.70. The number of aromatic nitrogens is 3. The summed E-state index contributed by atoms with van der Waals surface area (Å²) < 4.78 is 7.86. The van der Waals surface area contributed by atoms with Crippen LogP contribution in [0.25, 0.3) is 10.7 Å². The smallest absolute Gasteiger partial charge is 0.227 e. The normalized spacial score (nSPS) is 21.5. The van der Waals surface area contributed by atoms with E-state index in [2.05, 4.69) is 45.8 Å². The molecule has 1 aliphatic carbocycles. The quantitative estimate of drug-likeness (QED) is 0.850. The number of hydrogen-bond acceptors (Lipinski definition) is 5. The van der Waals surface area contributed by atoms with Gasteiger partial charge in [0.05, 0.1) is 11.5 Å². The zero-order valence-corrected chi connectivity index (χ0v) is 14.0. The highest BCUT2D eigenvalue weighted by atomic mass is 32.1. The number of ether oxygens (including phenoxy) is 1. The van der Waals surface area contributed by atoms with E-state index in [9.17, 15) is 0 Å². The average molecular weight is 318 g/mol. The van der Waals surface area contributed by atoms with Crippen LogP contribution in [0.4, 0.5) is 5.95 Å². The van der Waals surface area contributed by atoms with Crippen molar-refractivity contribution in [3.05, 3.63) is 17.0 Å². The Labute approximate surface area is 134 Å². The van der Waals surface area contributed by atoms with Crippen molar-refractivity contribution in [1.29, 1.82) is 0 Å². The molecule has 0 spiro atoms. The third kappa shape index (κ3) is 2.65. The fraction of sp³-hybridized carbons (Fsp3) is 0.625. The molecule has 0 N–H and O–H groups in total. The average Bonchev–Trinajstić information content (AvgIpc) is 2.88. The van der Waals surface area contributed by atoms with E-state index < -0.39 is 0 Å². The minimum absolute atomic E-state index is 0.571. The third-order valence-electron chi connectivity index (χ3n) is 4.57. The molecule has 22 heavy (non-hydrogen) atoms. The Bertz CT molecular complexity index is 655. The minimum atomic E-state index is 0.571. The van der Waals surface area contributed by atoms with Gasteiger partial charge in [-0.1, -0.05) is 0 Å². The first-order valence-corrected chi connectivity index (χ1v) is 8.84. The van der Waals surface area contributed by atoms with E-state index in [1.54, 1.807) is 11.3 Å². The summed E-state index contributed by atoms with van der Waals surface area (Å²) in [5.74, 6) is 2.59. The molecule has 1 unspecified atom stereocenters. The molecule has 3 heterocycles. The minimum Gasteiger partial charge on any atom is -0.381 e. The highest BCUT2D eigenvalue weighted by Gasteiger charge is 2.31. The van der Waals surface area contributed by atoms with Crippen molar-refractivity contribution in [2.24, 2.45) is 5.92 Å². The molecular weight excluding hydrogens is 296 g/mol. The summed E-state index contributed by atoms with van der Waals surface area (Å²) in [7, 11) is 2.15. The monoisotopic (exact) mass is 318 g/mol. The highest BCUT2D eigenvalue weighted by molar-refractivity contribution is 7.15. The van der Waals surface area contributed by atoms with E-state index in [0.717, 1.165) is 38.0 Å². The molecule has 0 amide bonds. The molecule has 0 bridgehead atoms. The van der Waals surface area contributed by atoms with Gasteiger partial charge in [-0.2, -0.15) is 0 Å². The van der Waals surface area contributed by atoms with Gasteiger partial charge < -0.3 is 9.64 Å². The van der Waals surface area contributed by atoms with Crippen LogP contribution >= 0.6 is 11.3 Å². The summed E-state index contributed by atoms with van der Waals surface area (Å²) in [4.78, 5) is 4.82. The third-order valence-corrected chi connectivity index (χ3v) is 5.56. The first kappa shape index (κ1) is 14.2. The fourth-order valence-corrected chi connectivity index (χ4v) is 3.93. The summed E-state index contributed by atoms with van der Waals surface area (Å²) in [5.41, 5.74) is 0. The lowest BCUT2D eigenvalue weighted by Crippen LogP contribution is -2.25. The van der Waals surface area contributed by atoms with Crippen LogP contribution in [0, 0.1) is 12.8 Å². The molecule has 2 fully saturated rings. The molecule has 2 aliphatic rings. The maximum absolute atomic E-state index is 5.55. The first-order valence-electron chi connectivity index (χ1n) is 8.03. The summed E-state index contributed by atoms with van der Waals surface area (Å²) in [6, 6.07) is 4.95. The van der Waals surface area contributed by atoms with Crippen LogP contribution in [0.3, 0.4) is 0 Å². The standard InChI is InChI=1S/C16H22N4OS/c1-11-3-6-14(22-11)15-17-18-16(19(2)13-4-5-13)20(15)9-12-7-8-21-10-12/h3,6,12-13H,4-5,7-10H2,1-2H3. The summed E-state index contributed by atoms with van der Waals surface area (Å²) in [6.45, 7) is 4.82. The number of thiophene rings is 1. The van der Waals surface area contributed by atoms with E-state index >= 15 is 0 Å². The summed E-state index contributed by atoms with van der Waals surface area (Å²) in [5, 5.41) is 9.02. The predicted molar refractivity (Wildman–Crippen MR) is 88.4 cm³/mol. The first-order chi connectivity index (χ1) is 10.7. The number of anilines is 1. The van der Waals surface area contributed by atoms with Crippen LogP contribution in [-0.4, -0.2) is 41.1 Å². The van der Waals surface area contributed by atoms with Crippen molar-refractivity contribution in [3.8, 4) is 10.7 Å². The van der Waals surface area contributed by atoms with Gasteiger partial charge in [-0.25, -0.2) is 0 Å². The van der Waals surface area contributed by atoms with Crippen LogP contribution in [0.1, 0.15) is 24.1 Å². The van der Waals surface area contributed by atoms with E-state index in [-0.39, 0.29) is 0 Å². The Morgan fingerprint density at radius 3 is 2.82 bits per heavy atom. The predicted octanol–water partition coefficient (Wildman–Crippen LogP) is 2.95. The largest absolute Gasteiger partial charge is 0.381 e. The zero-order valence-electron chi connectivity index (χ0n) is 13.2. The Morgan fingerprint density at radius 1 is 1.32 bits per heavy atom. The summed E-state index contributed by atoms with van der Waals surface area (Å²) in [6.07, 6.45) is 3.67. The highest BCUT2D eigenvalue weighted by Crippen LogP contribution is 2.34. The van der Waals surface area contributed by atoms with Crippen molar-refractivity contribution >= 4 is 17.3 Å². The molecule has 1 aliphatic heterocycles. The lowest BCUT2D eigenvalue weighted by atomic mass is 10.1. The van der Waals surface area contributed by atoms with Gasteiger partial charge in [-0.3, -0.25) is 4.57 Å². The molecule has 1 saturated carbocycles. The van der Waals surface area contributed by atoms with Crippen molar-refractivity contribution < 1.29 is 4.74 Å². The van der Waals surface area contributed by atoms with Gasteiger partial charge in [-0.15, -0.1) is 21.5 Å². The lowest BCUT2D eigenvalue weighted by Gasteiger charge is -2.20. The van der Waals surface area contributed by atoms with Gasteiger partial charge in [-0.05, 0) is 38.3 Å². The molecule has 1 saturated heterocycles. The van der Waals surface area contributed by atoms with Crippen LogP contribution in [0.2, 0.25) is 0 Å². The topological polar surface area (TPSA) is 43.2 Å². The van der Waals surface area contributed by atoms with Gasteiger partial charge in [0, 0.05) is 37.0 Å². The number of hydrogen-bond donors (Lipinski definition) is 0. The molecule has 6 heteroatoms. The van der Waals surface area contributed by atoms with Crippen molar-refractivity contribution in [2.45, 2.75) is 38.8 Å². The van der Waals surface area contributed by atoms with Gasteiger partial charge in [0.15, 0.2) is 5.82 Å². The molecule has 0 radical (unpaired) electrons. The molecule has 118 valence electrons. The Morgan fingerprint density at radius 2 is 2.18 bits per heavy atom. The van der Waals surface area contributed by atoms with E-state index in [4.69, 9.17) is 4.74 Å². The molecule has 2 aromatic rings. The van der Waals surface area contributed by atoms with Crippen molar-refractivity contribution in [1.82, 2.24) is 14.8 Å². The maximum Gasteiger partial charge on any atom is 0.227 e. The van der Waals surface area contributed by atoms with E-state index in [1.807, 2.05) is 0 Å². The molecular formula is C16H22N4OS. The fourth-order valence-electron chi connectivity index (χ4n) is 3.07. The second-order valence-electron chi connectivity index (χ2n) is 6.42. The molecule has 4 rings (SSSR count). The van der Waals surface area contributed by atoms with Gasteiger partial charge in [0.25, 0.3) is 0 Å². The lowest BCUT2D eigenvalue weighted by molar-refractivity contribution is 0.182. The van der Waals surface area contributed by atoms with Crippen molar-refractivity contribution in [3.63, 3.8) is 0 Å². The summed E-state index contributed by atoms with van der Waals surface area (Å²) >= 11 is 1.79. The van der Waals surface area contributed by atoms with E-state index in [1.165, 1.54) is 22.6 Å². The van der Waals surface area contributed by atoms with Gasteiger partial charge in [0.2, 0.25) is 5.95 Å². The Kier molecular flexibility index (Phi) is 3.66. The Balaban J connectivity index is 1.70. The van der Waals surface area contributed by atoms with Crippen LogP contribution in [0.5, 0.6) is 0 Å². The molecule has 5 nitrogen and oxygen atoms in total. The molecule has 2 aromatic heterocycles. The molecule has 1 atom stereocenters. The van der Waals surface area contributed by atoms with Gasteiger partial charge in [0.1, 0.15) is 0 Å². The van der Waals surface area contributed by atoms with Crippen LogP contribution in [-0.2, 0) is 11.3 Å². The number of rotatable bonds is 5. The second kappa shape index (κ2) is 5.66.